The SMILES string of the molecule is C1=C\C=[CH]/[Sb]=[CH]\C=C/1. The molecule has 0 spiro atoms. The Hall–Kier alpha value is -0.0918. The molecule has 0 amide bonds. The molecule has 0 aliphatic carbocycles. The molecule has 0 aromatic heterocycles. The van der Waals surface area contributed by atoms with Crippen LogP contribution in [-0.4, -0.2) is 25.1 Å². The molecule has 1 rings (SSSR count). The van der Waals surface area contributed by atoms with Gasteiger partial charge in [-0.25, -0.2) is 0 Å². The molecule has 0 saturated carbocycles. The number of rotatable bonds is 0. The summed E-state index contributed by atoms with van der Waals surface area (Å²) >= 11 is -0.0759. The molecule has 0 saturated heterocycles. The predicted octanol–water partition coefficient (Wildman–Crippen LogP) is 1.13. The molecule has 1 aliphatic heterocycles. The van der Waals surface area contributed by atoms with Crippen LogP contribution in [0.5, 0.6) is 0 Å². The van der Waals surface area contributed by atoms with Crippen molar-refractivity contribution in [3.63, 3.8) is 0 Å². The van der Waals surface area contributed by atoms with E-state index in [1.165, 1.54) is 0 Å². The van der Waals surface area contributed by atoms with Crippen LogP contribution in [0.4, 0.5) is 0 Å². The first-order valence-corrected chi connectivity index (χ1v) is 5.46. The van der Waals surface area contributed by atoms with Gasteiger partial charge >= 0.3 is 59.5 Å². The summed E-state index contributed by atoms with van der Waals surface area (Å²) in [6.07, 6.45) is 10.4. The second-order valence-electron chi connectivity index (χ2n) is 1.41. The van der Waals surface area contributed by atoms with E-state index in [-0.39, 0.29) is 21.1 Å². The quantitative estimate of drug-likeness (QED) is 0.529. The fraction of sp³-hybridized carbons (Fsp3) is 0. The van der Waals surface area contributed by atoms with Crippen molar-refractivity contribution in [2.24, 2.45) is 0 Å². The van der Waals surface area contributed by atoms with E-state index in [0.29, 0.717) is 0 Å². The van der Waals surface area contributed by atoms with Crippen LogP contribution in [0.25, 0.3) is 0 Å². The van der Waals surface area contributed by atoms with Crippen LogP contribution >= 0.6 is 0 Å². The first kappa shape index (κ1) is 6.03. The van der Waals surface area contributed by atoms with Gasteiger partial charge in [-0.05, 0) is 0 Å². The third-order valence-corrected chi connectivity index (χ3v) is 2.75. The molecule has 1 aliphatic rings. The van der Waals surface area contributed by atoms with E-state index in [1.54, 1.807) is 0 Å². The van der Waals surface area contributed by atoms with Crippen LogP contribution in [0.3, 0.4) is 0 Å². The van der Waals surface area contributed by atoms with Crippen LogP contribution in [-0.2, 0) is 0 Å². The number of hydrogen-bond donors (Lipinski definition) is 0. The molecule has 0 nitrogen and oxygen atoms in total. The Morgan fingerprint density at radius 1 is 0.750 bits per heavy atom. The zero-order valence-electron chi connectivity index (χ0n) is 4.49. The second-order valence-corrected chi connectivity index (χ2v) is 3.96. The molecule has 1 heterocycles. The Labute approximate surface area is 59.6 Å². The van der Waals surface area contributed by atoms with Gasteiger partial charge in [0.05, 0.1) is 0 Å². The van der Waals surface area contributed by atoms with Crippen molar-refractivity contribution in [2.45, 2.75) is 0 Å². The van der Waals surface area contributed by atoms with Gasteiger partial charge in [0.1, 0.15) is 0 Å². The molecule has 0 aromatic carbocycles. The fourth-order valence-electron chi connectivity index (χ4n) is 0.441. The Morgan fingerprint density at radius 2 is 1.50 bits per heavy atom. The topological polar surface area (TPSA) is 0 Å². The summed E-state index contributed by atoms with van der Waals surface area (Å²) in [5.41, 5.74) is 0. The van der Waals surface area contributed by atoms with Gasteiger partial charge in [0.2, 0.25) is 0 Å². The van der Waals surface area contributed by atoms with E-state index in [0.717, 1.165) is 0 Å². The molecule has 8 heavy (non-hydrogen) atoms. The van der Waals surface area contributed by atoms with Gasteiger partial charge in [0.15, 0.2) is 0 Å². The average Bonchev–Trinajstić information content (AvgIpc) is 1.62. The van der Waals surface area contributed by atoms with Gasteiger partial charge in [-0.15, -0.1) is 0 Å². The maximum atomic E-state index is 2.28. The molecule has 0 aromatic rings. The molecule has 0 bridgehead atoms. The summed E-state index contributed by atoms with van der Waals surface area (Å²) in [6, 6.07) is 0. The normalized spacial score (nSPS) is 32.0. The van der Waals surface area contributed by atoms with Crippen molar-refractivity contribution in [1.29, 1.82) is 0 Å². The number of hydrogen-bond acceptors (Lipinski definition) is 0. The summed E-state index contributed by atoms with van der Waals surface area (Å²) in [5, 5.41) is 0. The number of allylic oxidation sites excluding steroid dienone is 5. The van der Waals surface area contributed by atoms with Crippen LogP contribution < -0.4 is 0 Å². The standard InChI is InChI=1S/C7H7.Sb/c1-3-5-7-6-4-2;/h1-7H;/b3-1?,6-4-,7-5-;. The zero-order valence-corrected chi connectivity index (χ0v) is 7.04. The Morgan fingerprint density at radius 3 is 2.50 bits per heavy atom. The first-order chi connectivity index (χ1) is 4.00. The van der Waals surface area contributed by atoms with Crippen LogP contribution in [0.15, 0.2) is 34.4 Å². The van der Waals surface area contributed by atoms with Crippen molar-refractivity contribution < 1.29 is 0 Å². The van der Waals surface area contributed by atoms with Crippen LogP contribution in [0.2, 0.25) is 0 Å². The molecule has 0 fully saturated rings. The third kappa shape index (κ3) is 2.28. The molecule has 0 radical (unpaired) electrons. The molecular formula is C7H7Sb. The monoisotopic (exact) mass is 212 g/mol. The summed E-state index contributed by atoms with van der Waals surface area (Å²) in [6.45, 7) is 0. The van der Waals surface area contributed by atoms with Crippen molar-refractivity contribution >= 4 is 25.1 Å². The minimum atomic E-state index is -0.0759. The summed E-state index contributed by atoms with van der Waals surface area (Å²) in [5.74, 6) is 0. The Balaban J connectivity index is 2.67. The van der Waals surface area contributed by atoms with E-state index in [1.807, 2.05) is 6.08 Å². The summed E-state index contributed by atoms with van der Waals surface area (Å²) in [4.78, 5) is 0. The van der Waals surface area contributed by atoms with Crippen molar-refractivity contribution in [3.05, 3.63) is 34.4 Å². The van der Waals surface area contributed by atoms with E-state index in [2.05, 4.69) is 32.3 Å². The van der Waals surface area contributed by atoms with E-state index in [9.17, 15) is 0 Å². The first-order valence-electron chi connectivity index (χ1n) is 2.52. The van der Waals surface area contributed by atoms with Gasteiger partial charge in [-0.3, -0.25) is 0 Å². The summed E-state index contributed by atoms with van der Waals surface area (Å²) in [7, 11) is 0. The van der Waals surface area contributed by atoms with Crippen molar-refractivity contribution in [3.8, 4) is 0 Å². The van der Waals surface area contributed by atoms with Gasteiger partial charge in [-0.2, -0.15) is 0 Å². The van der Waals surface area contributed by atoms with Gasteiger partial charge in [-0.1, -0.05) is 0 Å². The zero-order chi connectivity index (χ0) is 5.66. The predicted molar refractivity (Wildman–Crippen MR) is 39.2 cm³/mol. The van der Waals surface area contributed by atoms with E-state index < -0.39 is 0 Å². The summed E-state index contributed by atoms with van der Waals surface area (Å²) < 4.78 is 4.55. The van der Waals surface area contributed by atoms with Crippen molar-refractivity contribution in [1.82, 2.24) is 0 Å². The maximum absolute atomic E-state index is 2.28. The van der Waals surface area contributed by atoms with Gasteiger partial charge in [0.25, 0.3) is 0 Å². The van der Waals surface area contributed by atoms with Crippen LogP contribution in [0, 0.1) is 0 Å². The van der Waals surface area contributed by atoms with Gasteiger partial charge in [0, 0.05) is 0 Å². The third-order valence-electron chi connectivity index (χ3n) is 0.789. The molecule has 40 valence electrons. The van der Waals surface area contributed by atoms with Gasteiger partial charge < -0.3 is 0 Å². The molecule has 0 atom stereocenters. The van der Waals surface area contributed by atoms with Crippen LogP contribution in [0.1, 0.15) is 0 Å². The van der Waals surface area contributed by atoms with Crippen molar-refractivity contribution in [2.75, 3.05) is 0 Å². The fourth-order valence-corrected chi connectivity index (χ4v) is 1.86. The Kier molecular flexibility index (Phi) is 2.91. The molecule has 1 heteroatoms. The Bertz CT molecular complexity index is 105. The molecular weight excluding hydrogens is 206 g/mol. The minimum absolute atomic E-state index is 0.0759. The van der Waals surface area contributed by atoms with E-state index in [4.69, 9.17) is 0 Å². The van der Waals surface area contributed by atoms with E-state index >= 15 is 0 Å². The second kappa shape index (κ2) is 3.86. The molecule has 0 unspecified atom stereocenters. The average molecular weight is 213 g/mol. The molecule has 0 N–H and O–H groups in total.